The lowest BCUT2D eigenvalue weighted by Gasteiger charge is -2.27. The molecule has 0 aromatic heterocycles. The van der Waals surface area contributed by atoms with Gasteiger partial charge in [-0.15, -0.1) is 6.58 Å². The number of rotatable bonds is 8. The van der Waals surface area contributed by atoms with Gasteiger partial charge in [0.05, 0.1) is 6.61 Å². The Kier molecular flexibility index (Phi) is 7.63. The van der Waals surface area contributed by atoms with E-state index in [-0.39, 0.29) is 17.2 Å². The van der Waals surface area contributed by atoms with E-state index < -0.39 is 11.8 Å². The second-order valence-electron chi connectivity index (χ2n) is 7.70. The number of ether oxygens (including phenoxy) is 2. The number of fused-ring (bicyclic) bond motifs is 1. The van der Waals surface area contributed by atoms with E-state index in [9.17, 15) is 9.59 Å². The first kappa shape index (κ1) is 24.6. The number of nitrogens with zero attached hydrogens (tertiary/aromatic N) is 1. The van der Waals surface area contributed by atoms with Crippen LogP contribution in [0.3, 0.4) is 0 Å². The van der Waals surface area contributed by atoms with Gasteiger partial charge in [0, 0.05) is 11.0 Å². The van der Waals surface area contributed by atoms with Gasteiger partial charge in [0.2, 0.25) is 0 Å². The molecule has 2 amide bonds. The van der Waals surface area contributed by atoms with Gasteiger partial charge >= 0.3 is 0 Å². The Bertz CT molecular complexity index is 1360. The topological polar surface area (TPSA) is 67.9 Å². The number of carbonyl (C=O) groups is 2. The Morgan fingerprint density at radius 1 is 1.09 bits per heavy atom. The number of carbonyl (C=O) groups excluding carboxylic acids is 2. The van der Waals surface area contributed by atoms with Crippen LogP contribution in [0.5, 0.6) is 11.5 Å². The van der Waals surface area contributed by atoms with Crippen molar-refractivity contribution in [1.82, 2.24) is 10.2 Å². The molecule has 8 heteroatoms. The van der Waals surface area contributed by atoms with E-state index in [0.29, 0.717) is 34.7 Å². The van der Waals surface area contributed by atoms with E-state index in [1.54, 1.807) is 18.2 Å². The average Bonchev–Trinajstić information content (AvgIpc) is 2.85. The van der Waals surface area contributed by atoms with E-state index in [4.69, 9.17) is 21.7 Å². The van der Waals surface area contributed by atoms with Crippen LogP contribution in [-0.4, -0.2) is 35.0 Å². The number of amides is 2. The van der Waals surface area contributed by atoms with Crippen LogP contribution in [0, 0.1) is 0 Å². The molecule has 6 nitrogen and oxygen atoms in total. The van der Waals surface area contributed by atoms with Crippen molar-refractivity contribution >= 4 is 61.9 Å². The van der Waals surface area contributed by atoms with Gasteiger partial charge in [-0.05, 0) is 59.2 Å². The van der Waals surface area contributed by atoms with Crippen LogP contribution < -0.4 is 14.8 Å². The molecule has 1 N–H and O–H groups in total. The van der Waals surface area contributed by atoms with Gasteiger partial charge in [0.25, 0.3) is 11.8 Å². The molecule has 1 fully saturated rings. The molecule has 35 heavy (non-hydrogen) atoms. The summed E-state index contributed by atoms with van der Waals surface area (Å²) >= 11 is 8.66. The SMILES string of the molecule is C=CCN1C(=O)/C(=C/c2cc(OCC)c(OCc3cccc4ccccc34)cc2Br)C(=O)NC1=S. The maximum absolute atomic E-state index is 12.9. The van der Waals surface area contributed by atoms with E-state index in [1.807, 2.05) is 31.2 Å². The summed E-state index contributed by atoms with van der Waals surface area (Å²) in [5.74, 6) is 0.00820. The predicted octanol–water partition coefficient (Wildman–Crippen LogP) is 5.39. The van der Waals surface area contributed by atoms with Crippen LogP contribution in [0.1, 0.15) is 18.1 Å². The monoisotopic (exact) mass is 550 g/mol. The molecule has 0 atom stereocenters. The second kappa shape index (κ2) is 10.8. The summed E-state index contributed by atoms with van der Waals surface area (Å²) in [5, 5.41) is 4.87. The summed E-state index contributed by atoms with van der Waals surface area (Å²) in [6, 6.07) is 17.8. The Hall–Kier alpha value is -3.49. The van der Waals surface area contributed by atoms with Gasteiger partial charge < -0.3 is 9.47 Å². The maximum Gasteiger partial charge on any atom is 0.265 e. The lowest BCUT2D eigenvalue weighted by atomic mass is 10.1. The highest BCUT2D eigenvalue weighted by molar-refractivity contribution is 9.10. The maximum atomic E-state index is 12.9. The smallest absolute Gasteiger partial charge is 0.265 e. The Morgan fingerprint density at radius 2 is 1.83 bits per heavy atom. The van der Waals surface area contributed by atoms with Crippen molar-refractivity contribution in [3.05, 3.63) is 88.4 Å². The Balaban J connectivity index is 1.65. The molecule has 0 bridgehead atoms. The molecular formula is C27H23BrN2O4S. The summed E-state index contributed by atoms with van der Waals surface area (Å²) in [7, 11) is 0. The first-order valence-electron chi connectivity index (χ1n) is 11.0. The van der Waals surface area contributed by atoms with E-state index in [2.05, 4.69) is 46.0 Å². The molecule has 3 aromatic carbocycles. The lowest BCUT2D eigenvalue weighted by Crippen LogP contribution is -2.53. The van der Waals surface area contributed by atoms with Crippen molar-refractivity contribution in [3.63, 3.8) is 0 Å². The van der Waals surface area contributed by atoms with Gasteiger partial charge in [-0.25, -0.2) is 0 Å². The molecule has 0 spiro atoms. The summed E-state index contributed by atoms with van der Waals surface area (Å²) in [5.41, 5.74) is 1.61. The quantitative estimate of drug-likeness (QED) is 0.176. The number of halogens is 1. The first-order chi connectivity index (χ1) is 16.9. The fourth-order valence-electron chi connectivity index (χ4n) is 3.76. The average molecular weight is 551 g/mol. The van der Waals surface area contributed by atoms with Gasteiger partial charge in [0.1, 0.15) is 12.2 Å². The zero-order valence-corrected chi connectivity index (χ0v) is 21.4. The minimum absolute atomic E-state index is 0.0342. The van der Waals surface area contributed by atoms with Crippen LogP contribution in [0.2, 0.25) is 0 Å². The molecule has 0 aliphatic carbocycles. The highest BCUT2D eigenvalue weighted by atomic mass is 79.9. The van der Waals surface area contributed by atoms with Gasteiger partial charge in [-0.3, -0.25) is 19.8 Å². The molecular weight excluding hydrogens is 528 g/mol. The van der Waals surface area contributed by atoms with Crippen molar-refractivity contribution in [2.24, 2.45) is 0 Å². The van der Waals surface area contributed by atoms with Gasteiger partial charge in [0.15, 0.2) is 16.6 Å². The summed E-state index contributed by atoms with van der Waals surface area (Å²) < 4.78 is 12.6. The number of hydrogen-bond acceptors (Lipinski definition) is 5. The van der Waals surface area contributed by atoms with Crippen LogP contribution in [0.4, 0.5) is 0 Å². The standard InChI is InChI=1S/C27H23BrN2O4S/c1-3-12-30-26(32)21(25(31)29-27(30)35)13-19-14-23(33-4-2)24(15-22(19)28)34-16-18-10-7-9-17-8-5-6-11-20(17)18/h3,5-11,13-15H,1,4,12,16H2,2H3,(H,29,31,35)/b21-13+. The third-order valence-electron chi connectivity index (χ3n) is 5.42. The van der Waals surface area contributed by atoms with Crippen molar-refractivity contribution in [3.8, 4) is 11.5 Å². The van der Waals surface area contributed by atoms with E-state index in [1.165, 1.54) is 11.0 Å². The molecule has 0 unspecified atom stereocenters. The molecule has 1 saturated heterocycles. The summed E-state index contributed by atoms with van der Waals surface area (Å²) in [6.45, 7) is 6.48. The number of nitrogens with one attached hydrogen (secondary N) is 1. The van der Waals surface area contributed by atoms with Crippen molar-refractivity contribution < 1.29 is 19.1 Å². The summed E-state index contributed by atoms with van der Waals surface area (Å²) in [4.78, 5) is 26.7. The molecule has 178 valence electrons. The molecule has 1 aliphatic rings. The van der Waals surface area contributed by atoms with Crippen LogP contribution in [0.15, 0.2) is 77.3 Å². The highest BCUT2D eigenvalue weighted by Crippen LogP contribution is 2.36. The molecule has 0 radical (unpaired) electrons. The minimum Gasteiger partial charge on any atom is -0.490 e. The second-order valence-corrected chi connectivity index (χ2v) is 8.94. The zero-order chi connectivity index (χ0) is 24.9. The molecule has 3 aromatic rings. The van der Waals surface area contributed by atoms with Crippen LogP contribution in [0.25, 0.3) is 16.8 Å². The van der Waals surface area contributed by atoms with E-state index in [0.717, 1.165) is 16.3 Å². The molecule has 4 rings (SSSR count). The third-order valence-corrected chi connectivity index (χ3v) is 6.43. The third kappa shape index (κ3) is 5.28. The normalized spacial score (nSPS) is 14.9. The van der Waals surface area contributed by atoms with Crippen molar-refractivity contribution in [1.29, 1.82) is 0 Å². The number of benzene rings is 3. The zero-order valence-electron chi connectivity index (χ0n) is 19.0. The highest BCUT2D eigenvalue weighted by Gasteiger charge is 2.32. The summed E-state index contributed by atoms with van der Waals surface area (Å²) in [6.07, 6.45) is 3.06. The molecule has 1 heterocycles. The molecule has 0 saturated carbocycles. The van der Waals surface area contributed by atoms with Gasteiger partial charge in [-0.2, -0.15) is 0 Å². The Morgan fingerprint density at radius 3 is 2.60 bits per heavy atom. The fourth-order valence-corrected chi connectivity index (χ4v) is 4.45. The van der Waals surface area contributed by atoms with Crippen LogP contribution >= 0.6 is 28.1 Å². The van der Waals surface area contributed by atoms with E-state index >= 15 is 0 Å². The fraction of sp³-hybridized carbons (Fsp3) is 0.148. The molecule has 1 aliphatic heterocycles. The van der Waals surface area contributed by atoms with Crippen molar-refractivity contribution in [2.45, 2.75) is 13.5 Å². The van der Waals surface area contributed by atoms with Crippen LogP contribution in [-0.2, 0) is 16.2 Å². The minimum atomic E-state index is -0.554. The Labute approximate surface area is 217 Å². The predicted molar refractivity (Wildman–Crippen MR) is 144 cm³/mol. The van der Waals surface area contributed by atoms with Gasteiger partial charge in [-0.1, -0.05) is 64.5 Å². The number of thiocarbonyl (C=S) groups is 1. The van der Waals surface area contributed by atoms with Crippen molar-refractivity contribution in [2.75, 3.05) is 13.2 Å². The number of hydrogen-bond donors (Lipinski definition) is 1. The first-order valence-corrected chi connectivity index (χ1v) is 12.2. The largest absolute Gasteiger partial charge is 0.490 e. The lowest BCUT2D eigenvalue weighted by molar-refractivity contribution is -0.128.